The third kappa shape index (κ3) is 1.61. The van der Waals surface area contributed by atoms with Gasteiger partial charge in [0.25, 0.3) is 0 Å². The Bertz CT molecular complexity index is 274. The molecule has 14 heavy (non-hydrogen) atoms. The Kier molecular flexibility index (Phi) is 2.34. The Labute approximate surface area is 83.9 Å². The largest absolute Gasteiger partial charge is 0.480 e. The van der Waals surface area contributed by atoms with Crippen molar-refractivity contribution in [2.45, 2.75) is 39.2 Å². The first kappa shape index (κ1) is 11.0. The van der Waals surface area contributed by atoms with E-state index in [1.807, 2.05) is 20.8 Å². The lowest BCUT2D eigenvalue weighted by molar-refractivity contribution is -0.154. The number of carbonyl (C=O) groups is 2. The Morgan fingerprint density at radius 3 is 1.93 bits per heavy atom. The van der Waals surface area contributed by atoms with E-state index < -0.39 is 11.4 Å². The standard InChI is InChI=1S/C10H17NO3/c1-9(2,3)11(4)7(12)10(5-6-10)8(13)14/h5-6H2,1-4H3,(H,13,14). The van der Waals surface area contributed by atoms with E-state index in [1.54, 1.807) is 7.05 Å². The van der Waals surface area contributed by atoms with Crippen molar-refractivity contribution in [3.05, 3.63) is 0 Å². The van der Waals surface area contributed by atoms with Gasteiger partial charge >= 0.3 is 5.97 Å². The summed E-state index contributed by atoms with van der Waals surface area (Å²) in [6.45, 7) is 5.68. The molecule has 1 fully saturated rings. The summed E-state index contributed by atoms with van der Waals surface area (Å²) in [5, 5.41) is 8.94. The van der Waals surface area contributed by atoms with E-state index in [4.69, 9.17) is 5.11 Å². The molecular formula is C10H17NO3. The molecule has 0 saturated heterocycles. The summed E-state index contributed by atoms with van der Waals surface area (Å²) in [5.41, 5.74) is -1.43. The second kappa shape index (κ2) is 2.97. The predicted molar refractivity (Wildman–Crippen MR) is 51.8 cm³/mol. The number of amides is 1. The fourth-order valence-electron chi connectivity index (χ4n) is 1.27. The van der Waals surface area contributed by atoms with Gasteiger partial charge in [0.15, 0.2) is 0 Å². The van der Waals surface area contributed by atoms with Crippen LogP contribution in [0.25, 0.3) is 0 Å². The number of hydrogen-bond donors (Lipinski definition) is 1. The van der Waals surface area contributed by atoms with Gasteiger partial charge in [0.05, 0.1) is 0 Å². The van der Waals surface area contributed by atoms with Gasteiger partial charge in [-0.1, -0.05) is 0 Å². The molecule has 0 heterocycles. The summed E-state index contributed by atoms with van der Waals surface area (Å²) >= 11 is 0. The zero-order chi connectivity index (χ0) is 11.1. The van der Waals surface area contributed by atoms with Crippen LogP contribution in [0.3, 0.4) is 0 Å². The van der Waals surface area contributed by atoms with Gasteiger partial charge in [-0.15, -0.1) is 0 Å². The van der Waals surface area contributed by atoms with Gasteiger partial charge in [0.2, 0.25) is 5.91 Å². The van der Waals surface area contributed by atoms with Crippen molar-refractivity contribution in [3.8, 4) is 0 Å². The van der Waals surface area contributed by atoms with Crippen molar-refractivity contribution >= 4 is 11.9 Å². The molecule has 0 bridgehead atoms. The first-order chi connectivity index (χ1) is 6.22. The van der Waals surface area contributed by atoms with Gasteiger partial charge < -0.3 is 10.0 Å². The topological polar surface area (TPSA) is 57.6 Å². The van der Waals surface area contributed by atoms with Crippen LogP contribution in [0, 0.1) is 5.41 Å². The zero-order valence-electron chi connectivity index (χ0n) is 9.13. The van der Waals surface area contributed by atoms with Crippen LogP contribution in [0.15, 0.2) is 0 Å². The van der Waals surface area contributed by atoms with Gasteiger partial charge in [-0.3, -0.25) is 9.59 Å². The molecule has 1 rings (SSSR count). The molecule has 1 aliphatic rings. The molecular weight excluding hydrogens is 182 g/mol. The molecule has 1 amide bonds. The second-order valence-corrected chi connectivity index (χ2v) is 4.92. The fourth-order valence-corrected chi connectivity index (χ4v) is 1.27. The van der Waals surface area contributed by atoms with E-state index >= 15 is 0 Å². The molecule has 0 radical (unpaired) electrons. The highest BCUT2D eigenvalue weighted by molar-refractivity contribution is 6.04. The number of rotatable bonds is 2. The highest BCUT2D eigenvalue weighted by Gasteiger charge is 2.58. The maximum atomic E-state index is 11.9. The molecule has 4 heteroatoms. The van der Waals surface area contributed by atoms with Crippen LogP contribution in [0.2, 0.25) is 0 Å². The minimum absolute atomic E-state index is 0.266. The normalized spacial score (nSPS) is 18.9. The third-order valence-corrected chi connectivity index (χ3v) is 2.88. The zero-order valence-corrected chi connectivity index (χ0v) is 9.13. The molecule has 0 unspecified atom stereocenters. The fraction of sp³-hybridized carbons (Fsp3) is 0.800. The van der Waals surface area contributed by atoms with Crippen LogP contribution in [0.4, 0.5) is 0 Å². The minimum Gasteiger partial charge on any atom is -0.480 e. The van der Waals surface area contributed by atoms with Crippen molar-refractivity contribution in [3.63, 3.8) is 0 Å². The Hall–Kier alpha value is -1.06. The van der Waals surface area contributed by atoms with Gasteiger partial charge in [-0.2, -0.15) is 0 Å². The number of nitrogens with zero attached hydrogens (tertiary/aromatic N) is 1. The summed E-state index contributed by atoms with van der Waals surface area (Å²) < 4.78 is 0. The maximum absolute atomic E-state index is 11.9. The lowest BCUT2D eigenvalue weighted by Gasteiger charge is -2.33. The van der Waals surface area contributed by atoms with Crippen LogP contribution in [-0.2, 0) is 9.59 Å². The molecule has 0 aromatic carbocycles. The Morgan fingerprint density at radius 1 is 1.29 bits per heavy atom. The average molecular weight is 199 g/mol. The molecule has 1 N–H and O–H groups in total. The first-order valence-electron chi connectivity index (χ1n) is 4.73. The highest BCUT2D eigenvalue weighted by Crippen LogP contribution is 2.48. The summed E-state index contributed by atoms with van der Waals surface area (Å²) in [6, 6.07) is 0. The smallest absolute Gasteiger partial charge is 0.319 e. The number of carbonyl (C=O) groups excluding carboxylic acids is 1. The summed E-state index contributed by atoms with van der Waals surface area (Å²) in [5.74, 6) is -1.25. The lowest BCUT2D eigenvalue weighted by Crippen LogP contribution is -2.48. The highest BCUT2D eigenvalue weighted by atomic mass is 16.4. The van der Waals surface area contributed by atoms with Crippen LogP contribution in [0.1, 0.15) is 33.6 Å². The van der Waals surface area contributed by atoms with E-state index in [0.29, 0.717) is 12.8 Å². The molecule has 0 spiro atoms. The number of aliphatic carboxylic acids is 1. The lowest BCUT2D eigenvalue weighted by atomic mass is 10.0. The van der Waals surface area contributed by atoms with Crippen molar-refractivity contribution < 1.29 is 14.7 Å². The number of carboxylic acids is 1. The SMILES string of the molecule is CN(C(=O)C1(C(=O)O)CC1)C(C)(C)C. The van der Waals surface area contributed by atoms with E-state index in [9.17, 15) is 9.59 Å². The van der Waals surface area contributed by atoms with E-state index in [2.05, 4.69) is 0 Å². The molecule has 1 aliphatic carbocycles. The Balaban J connectivity index is 2.81. The third-order valence-electron chi connectivity index (χ3n) is 2.88. The van der Waals surface area contributed by atoms with Gasteiger partial charge in [-0.05, 0) is 33.6 Å². The minimum atomic E-state index is -1.11. The molecule has 1 saturated carbocycles. The van der Waals surface area contributed by atoms with Gasteiger partial charge in [0.1, 0.15) is 5.41 Å². The first-order valence-corrected chi connectivity index (χ1v) is 4.73. The van der Waals surface area contributed by atoms with E-state index in [-0.39, 0.29) is 11.4 Å². The van der Waals surface area contributed by atoms with Crippen LogP contribution < -0.4 is 0 Å². The second-order valence-electron chi connectivity index (χ2n) is 4.92. The predicted octanol–water partition coefficient (Wildman–Crippen LogP) is 1.11. The number of hydrogen-bond acceptors (Lipinski definition) is 2. The summed E-state index contributed by atoms with van der Waals surface area (Å²) in [6.07, 6.45) is 0.948. The van der Waals surface area contributed by atoms with E-state index in [0.717, 1.165) is 0 Å². The quantitative estimate of drug-likeness (QED) is 0.678. The van der Waals surface area contributed by atoms with Crippen LogP contribution in [-0.4, -0.2) is 34.5 Å². The molecule has 0 aromatic rings. The molecule has 0 atom stereocenters. The summed E-state index contributed by atoms with van der Waals surface area (Å²) in [7, 11) is 1.66. The van der Waals surface area contributed by atoms with Crippen molar-refractivity contribution in [2.24, 2.45) is 5.41 Å². The number of carboxylic acid groups (broad SMARTS) is 1. The van der Waals surface area contributed by atoms with E-state index in [1.165, 1.54) is 4.90 Å². The molecule has 0 aliphatic heterocycles. The molecule has 80 valence electrons. The van der Waals surface area contributed by atoms with Crippen molar-refractivity contribution in [1.29, 1.82) is 0 Å². The van der Waals surface area contributed by atoms with Crippen LogP contribution in [0.5, 0.6) is 0 Å². The van der Waals surface area contributed by atoms with Crippen molar-refractivity contribution in [1.82, 2.24) is 4.90 Å². The Morgan fingerprint density at radius 2 is 1.71 bits per heavy atom. The molecule has 0 aromatic heterocycles. The maximum Gasteiger partial charge on any atom is 0.319 e. The van der Waals surface area contributed by atoms with Gasteiger partial charge in [0, 0.05) is 12.6 Å². The monoisotopic (exact) mass is 199 g/mol. The van der Waals surface area contributed by atoms with Crippen molar-refractivity contribution in [2.75, 3.05) is 7.05 Å². The average Bonchev–Trinajstić information content (AvgIpc) is 2.79. The molecule has 4 nitrogen and oxygen atoms in total. The summed E-state index contributed by atoms with van der Waals surface area (Å²) in [4.78, 5) is 24.3. The van der Waals surface area contributed by atoms with Crippen LogP contribution >= 0.6 is 0 Å². The van der Waals surface area contributed by atoms with Gasteiger partial charge in [-0.25, -0.2) is 0 Å².